The van der Waals surface area contributed by atoms with Crippen LogP contribution in [0.25, 0.3) is 11.2 Å². The maximum absolute atomic E-state index is 11.2. The lowest BCUT2D eigenvalue weighted by atomic mass is 9.96. The van der Waals surface area contributed by atoms with E-state index in [1.54, 1.807) is 6.07 Å². The number of carbonyl (C=O) groups is 1. The normalized spacial score (nSPS) is 15.0. The van der Waals surface area contributed by atoms with Crippen LogP contribution in [0, 0.1) is 12.8 Å². The van der Waals surface area contributed by atoms with Gasteiger partial charge in [-0.15, -0.1) is 0 Å². The van der Waals surface area contributed by atoms with Gasteiger partial charge in [0, 0.05) is 36.1 Å². The highest BCUT2D eigenvalue weighted by atomic mass is 35.5. The number of fused-ring (bicyclic) bond motifs is 1. The lowest BCUT2D eigenvalue weighted by Crippen LogP contribution is -2.48. The van der Waals surface area contributed by atoms with Crippen LogP contribution in [-0.4, -0.2) is 63.3 Å². The monoisotopic (exact) mass is 531 g/mol. The Bertz CT molecular complexity index is 1210. The van der Waals surface area contributed by atoms with Gasteiger partial charge in [-0.1, -0.05) is 42.6 Å². The van der Waals surface area contributed by atoms with Crippen LogP contribution < -0.4 is 10.6 Å². The van der Waals surface area contributed by atoms with Crippen molar-refractivity contribution in [2.24, 2.45) is 11.7 Å². The number of anilines is 1. The average Bonchev–Trinajstić information content (AvgIpc) is 3.14. The van der Waals surface area contributed by atoms with Crippen LogP contribution in [0.2, 0.25) is 10.0 Å². The molecule has 0 aliphatic carbocycles. The van der Waals surface area contributed by atoms with Gasteiger partial charge in [0.2, 0.25) is 5.91 Å². The van der Waals surface area contributed by atoms with Crippen molar-refractivity contribution in [1.29, 1.82) is 0 Å². The highest BCUT2D eigenvalue weighted by molar-refractivity contribution is 6.35. The van der Waals surface area contributed by atoms with Gasteiger partial charge in [0.25, 0.3) is 0 Å². The number of amides is 1. The highest BCUT2D eigenvalue weighted by Crippen LogP contribution is 2.32. The van der Waals surface area contributed by atoms with E-state index in [-0.39, 0.29) is 11.9 Å². The summed E-state index contributed by atoms with van der Waals surface area (Å²) in [6, 6.07) is 5.41. The van der Waals surface area contributed by atoms with Crippen molar-refractivity contribution in [3.63, 3.8) is 0 Å². The van der Waals surface area contributed by atoms with Gasteiger partial charge in [-0.3, -0.25) is 4.79 Å². The Balaban J connectivity index is 1.42. The van der Waals surface area contributed by atoms with Crippen molar-refractivity contribution >= 4 is 46.1 Å². The Hall–Kier alpha value is -2.42. The fraction of sp³-hybridized carbons (Fsp3) is 0.538. The molecule has 0 spiro atoms. The fourth-order valence-electron chi connectivity index (χ4n) is 4.73. The predicted octanol–water partition coefficient (Wildman–Crippen LogP) is 4.85. The predicted molar refractivity (Wildman–Crippen MR) is 146 cm³/mol. The molecule has 2 aromatic heterocycles. The van der Waals surface area contributed by atoms with Crippen molar-refractivity contribution < 1.29 is 4.79 Å². The molecule has 3 heterocycles. The Morgan fingerprint density at radius 1 is 1.25 bits per heavy atom. The summed E-state index contributed by atoms with van der Waals surface area (Å²) >= 11 is 12.6. The summed E-state index contributed by atoms with van der Waals surface area (Å²) in [5.41, 5.74) is 8.69. The van der Waals surface area contributed by atoms with Crippen molar-refractivity contribution in [2.75, 3.05) is 37.6 Å². The summed E-state index contributed by atoms with van der Waals surface area (Å²) in [6.07, 6.45) is 5.64. The van der Waals surface area contributed by atoms with E-state index in [4.69, 9.17) is 44.0 Å². The molecule has 1 aliphatic heterocycles. The number of nitrogens with two attached hydrogens (primary N) is 1. The third kappa shape index (κ3) is 6.10. The SMILES string of the molecule is CCCCN(CCC(N)=O)CCC1CN(c2cnc3c(C)nn([C@H](C)c4ccc(Cl)cc4Cl)c3n2)C1. The molecule has 0 unspecified atom stereocenters. The van der Waals surface area contributed by atoms with Crippen LogP contribution in [0.5, 0.6) is 0 Å². The van der Waals surface area contributed by atoms with Gasteiger partial charge in [-0.2, -0.15) is 5.10 Å². The van der Waals surface area contributed by atoms with Gasteiger partial charge >= 0.3 is 0 Å². The summed E-state index contributed by atoms with van der Waals surface area (Å²) < 4.78 is 1.90. The van der Waals surface area contributed by atoms with Crippen molar-refractivity contribution in [1.82, 2.24) is 24.6 Å². The van der Waals surface area contributed by atoms with E-state index in [0.29, 0.717) is 22.4 Å². The lowest BCUT2D eigenvalue weighted by molar-refractivity contribution is -0.118. The minimum atomic E-state index is -0.234. The summed E-state index contributed by atoms with van der Waals surface area (Å²) in [4.78, 5) is 25.5. The van der Waals surface area contributed by atoms with E-state index in [1.807, 2.05) is 29.9 Å². The number of aryl methyl sites for hydroxylation is 1. The highest BCUT2D eigenvalue weighted by Gasteiger charge is 2.29. The molecule has 0 bridgehead atoms. The molecule has 1 aromatic carbocycles. The second-order valence-corrected chi connectivity index (χ2v) is 10.6. The first-order chi connectivity index (χ1) is 17.3. The number of benzene rings is 1. The lowest BCUT2D eigenvalue weighted by Gasteiger charge is -2.41. The quantitative estimate of drug-likeness (QED) is 0.358. The molecular formula is C26H35Cl2N7O. The molecule has 8 nitrogen and oxygen atoms in total. The first kappa shape index (κ1) is 26.6. The summed E-state index contributed by atoms with van der Waals surface area (Å²) in [5, 5.41) is 5.95. The molecule has 3 aromatic rings. The number of nitrogens with zero attached hydrogens (tertiary/aromatic N) is 6. The Labute approximate surface area is 222 Å². The zero-order chi connectivity index (χ0) is 25.8. The molecule has 1 fully saturated rings. The topological polar surface area (TPSA) is 93.2 Å². The van der Waals surface area contributed by atoms with Gasteiger partial charge in [-0.05, 0) is 63.4 Å². The molecule has 1 atom stereocenters. The molecule has 2 N–H and O–H groups in total. The Kier molecular flexibility index (Phi) is 8.70. The Morgan fingerprint density at radius 3 is 2.72 bits per heavy atom. The standard InChI is InChI=1S/C26H35Cl2N7O/c1-4-5-10-33(12-9-23(29)36)11-8-19-15-34(16-19)24-14-30-25-17(2)32-35(26(25)31-24)18(3)21-7-6-20(27)13-22(21)28/h6-7,13-14,18-19H,4-5,8-12,15-16H2,1-3H3,(H2,29,36)/t18-/m1/s1. The van der Waals surface area contributed by atoms with E-state index in [9.17, 15) is 4.79 Å². The first-order valence-corrected chi connectivity index (χ1v) is 13.4. The van der Waals surface area contributed by atoms with Crippen LogP contribution >= 0.6 is 23.2 Å². The molecule has 194 valence electrons. The number of carbonyl (C=O) groups excluding carboxylic acids is 1. The average molecular weight is 533 g/mol. The number of primary amides is 1. The number of hydrogen-bond donors (Lipinski definition) is 1. The number of rotatable bonds is 12. The molecule has 1 saturated heterocycles. The molecule has 1 aliphatic rings. The van der Waals surface area contributed by atoms with Crippen LogP contribution in [0.3, 0.4) is 0 Å². The zero-order valence-corrected chi connectivity index (χ0v) is 22.8. The van der Waals surface area contributed by atoms with Crippen molar-refractivity contribution in [2.45, 2.75) is 52.5 Å². The number of aromatic nitrogens is 4. The van der Waals surface area contributed by atoms with Gasteiger partial charge in [-0.25, -0.2) is 14.6 Å². The van der Waals surface area contributed by atoms with E-state index in [1.165, 1.54) is 0 Å². The van der Waals surface area contributed by atoms with Crippen LogP contribution in [-0.2, 0) is 4.79 Å². The van der Waals surface area contributed by atoms with Gasteiger partial charge in [0.15, 0.2) is 5.65 Å². The van der Waals surface area contributed by atoms with Gasteiger partial charge in [0.05, 0.1) is 17.9 Å². The minimum absolute atomic E-state index is 0.117. The third-order valence-electron chi connectivity index (χ3n) is 6.98. The third-order valence-corrected chi connectivity index (χ3v) is 7.54. The van der Waals surface area contributed by atoms with Crippen LogP contribution in [0.4, 0.5) is 5.82 Å². The zero-order valence-electron chi connectivity index (χ0n) is 21.3. The molecular weight excluding hydrogens is 497 g/mol. The molecule has 0 saturated carbocycles. The fourth-order valence-corrected chi connectivity index (χ4v) is 5.29. The van der Waals surface area contributed by atoms with Gasteiger partial charge < -0.3 is 15.5 Å². The molecule has 10 heteroatoms. The molecule has 1 amide bonds. The molecule has 4 rings (SSSR count). The maximum atomic E-state index is 11.2. The van der Waals surface area contributed by atoms with E-state index in [2.05, 4.69) is 23.6 Å². The van der Waals surface area contributed by atoms with E-state index < -0.39 is 0 Å². The summed E-state index contributed by atoms with van der Waals surface area (Å²) in [7, 11) is 0. The molecule has 36 heavy (non-hydrogen) atoms. The second kappa shape index (κ2) is 11.8. The van der Waals surface area contributed by atoms with E-state index in [0.717, 1.165) is 80.2 Å². The van der Waals surface area contributed by atoms with Gasteiger partial charge in [0.1, 0.15) is 11.3 Å². The smallest absolute Gasteiger partial charge is 0.218 e. The van der Waals surface area contributed by atoms with Crippen molar-refractivity contribution in [3.05, 3.63) is 45.7 Å². The van der Waals surface area contributed by atoms with Crippen LogP contribution in [0.15, 0.2) is 24.4 Å². The molecule has 0 radical (unpaired) electrons. The largest absolute Gasteiger partial charge is 0.370 e. The number of unbranched alkanes of at least 4 members (excludes halogenated alkanes) is 1. The van der Waals surface area contributed by atoms with Crippen molar-refractivity contribution in [3.8, 4) is 0 Å². The minimum Gasteiger partial charge on any atom is -0.370 e. The summed E-state index contributed by atoms with van der Waals surface area (Å²) in [5.74, 6) is 1.23. The van der Waals surface area contributed by atoms with Crippen LogP contribution in [0.1, 0.15) is 56.8 Å². The summed E-state index contributed by atoms with van der Waals surface area (Å²) in [6.45, 7) is 10.8. The number of halogens is 2. The maximum Gasteiger partial charge on any atom is 0.218 e. The second-order valence-electron chi connectivity index (χ2n) is 9.74. The Morgan fingerprint density at radius 2 is 2.03 bits per heavy atom. The number of hydrogen-bond acceptors (Lipinski definition) is 6. The van der Waals surface area contributed by atoms with E-state index >= 15 is 0 Å². The first-order valence-electron chi connectivity index (χ1n) is 12.7.